The van der Waals surface area contributed by atoms with Crippen LogP contribution in [0.2, 0.25) is 0 Å². The Kier molecular flexibility index (Phi) is 6.95. The number of nitrogens with zero attached hydrogens (tertiary/aromatic N) is 3. The standard InChI is InChI=1S/C26H29FN4O3/c1-17(21-9-11-22(12-10-21)26(33)34)28-24(32)23-18(2)29-31-15-14-30(25(23)31)16-20-7-5-19(6-8-20)4-3-13-27/h5-12,17H,3-4,13-16H2,1-2H3,(H,28,32)(H,33,34)/t17-/m0/s1. The molecule has 1 atom stereocenters. The first-order valence-corrected chi connectivity index (χ1v) is 11.5. The number of carbonyl (C=O) groups is 2. The summed E-state index contributed by atoms with van der Waals surface area (Å²) < 4.78 is 14.3. The van der Waals surface area contributed by atoms with Crippen LogP contribution in [-0.4, -0.2) is 40.0 Å². The van der Waals surface area contributed by atoms with Gasteiger partial charge in [-0.3, -0.25) is 9.18 Å². The number of halogens is 1. The van der Waals surface area contributed by atoms with E-state index in [2.05, 4.69) is 27.4 Å². The third kappa shape index (κ3) is 4.95. The number of fused-ring (bicyclic) bond motifs is 1. The van der Waals surface area contributed by atoms with E-state index in [1.165, 1.54) is 12.1 Å². The predicted molar refractivity (Wildman–Crippen MR) is 128 cm³/mol. The zero-order valence-corrected chi connectivity index (χ0v) is 19.4. The largest absolute Gasteiger partial charge is 0.478 e. The fraction of sp³-hybridized carbons (Fsp3) is 0.346. The second kappa shape index (κ2) is 10.1. The van der Waals surface area contributed by atoms with Crippen molar-refractivity contribution in [2.45, 2.75) is 45.8 Å². The van der Waals surface area contributed by atoms with E-state index in [4.69, 9.17) is 5.11 Å². The first-order chi connectivity index (χ1) is 16.4. The number of aryl methyl sites for hydroxylation is 2. The molecule has 0 aliphatic carbocycles. The minimum atomic E-state index is -0.983. The Hall–Kier alpha value is -3.68. The second-order valence-electron chi connectivity index (χ2n) is 8.66. The number of rotatable bonds is 9. The van der Waals surface area contributed by atoms with Crippen molar-refractivity contribution in [3.05, 3.63) is 82.0 Å². The highest BCUT2D eigenvalue weighted by Gasteiger charge is 2.30. The zero-order chi connectivity index (χ0) is 24.2. The third-order valence-corrected chi connectivity index (χ3v) is 6.21. The molecule has 2 N–H and O–H groups in total. The van der Waals surface area contributed by atoms with E-state index >= 15 is 0 Å². The summed E-state index contributed by atoms with van der Waals surface area (Å²) in [5, 5.41) is 16.7. The first kappa shape index (κ1) is 23.5. The zero-order valence-electron chi connectivity index (χ0n) is 19.4. The van der Waals surface area contributed by atoms with Crippen LogP contribution in [0, 0.1) is 6.92 Å². The Morgan fingerprint density at radius 2 is 1.76 bits per heavy atom. The maximum atomic E-state index is 13.3. The summed E-state index contributed by atoms with van der Waals surface area (Å²) in [5.74, 6) is -0.379. The van der Waals surface area contributed by atoms with Crippen LogP contribution in [0.15, 0.2) is 48.5 Å². The van der Waals surface area contributed by atoms with Gasteiger partial charge in [0, 0.05) is 13.1 Å². The summed E-state index contributed by atoms with van der Waals surface area (Å²) in [4.78, 5) is 26.5. The number of benzene rings is 2. The van der Waals surface area contributed by atoms with E-state index < -0.39 is 5.97 Å². The molecule has 0 fully saturated rings. The summed E-state index contributed by atoms with van der Waals surface area (Å²) in [6.45, 7) is 5.53. The van der Waals surface area contributed by atoms with E-state index in [1.807, 2.05) is 30.7 Å². The van der Waals surface area contributed by atoms with Crippen molar-refractivity contribution in [2.24, 2.45) is 0 Å². The molecule has 2 aromatic carbocycles. The lowest BCUT2D eigenvalue weighted by Crippen LogP contribution is -2.29. The van der Waals surface area contributed by atoms with Crippen LogP contribution in [0.1, 0.15) is 62.5 Å². The lowest BCUT2D eigenvalue weighted by molar-refractivity contribution is 0.0696. The summed E-state index contributed by atoms with van der Waals surface area (Å²) in [5.41, 5.74) is 4.50. The number of amides is 1. The highest BCUT2D eigenvalue weighted by Crippen LogP contribution is 2.30. The van der Waals surface area contributed by atoms with Gasteiger partial charge >= 0.3 is 5.97 Å². The molecule has 0 bridgehead atoms. The molecule has 0 spiro atoms. The molecule has 8 heteroatoms. The molecule has 1 aliphatic heterocycles. The number of carboxylic acid groups (broad SMARTS) is 1. The molecule has 0 radical (unpaired) electrons. The number of alkyl halides is 1. The average Bonchev–Trinajstić information content (AvgIpc) is 3.36. The van der Waals surface area contributed by atoms with Gasteiger partial charge < -0.3 is 15.3 Å². The van der Waals surface area contributed by atoms with Gasteiger partial charge in [-0.1, -0.05) is 36.4 Å². The van der Waals surface area contributed by atoms with Crippen LogP contribution >= 0.6 is 0 Å². The normalized spacial score (nSPS) is 13.6. The SMILES string of the molecule is Cc1nn2c(c1C(=O)N[C@@H](C)c1ccc(C(=O)O)cc1)N(Cc1ccc(CCCF)cc1)CC2. The number of nitrogens with one attached hydrogen (secondary N) is 1. The third-order valence-electron chi connectivity index (χ3n) is 6.21. The molecule has 0 saturated heterocycles. The van der Waals surface area contributed by atoms with Crippen LogP contribution < -0.4 is 10.2 Å². The molecule has 1 aromatic heterocycles. The van der Waals surface area contributed by atoms with Crippen LogP contribution in [0.25, 0.3) is 0 Å². The molecule has 4 rings (SSSR count). The molecular formula is C26H29FN4O3. The van der Waals surface area contributed by atoms with Gasteiger partial charge in [0.1, 0.15) is 11.4 Å². The molecule has 0 unspecified atom stereocenters. The van der Waals surface area contributed by atoms with Crippen molar-refractivity contribution in [3.8, 4) is 0 Å². The molecule has 0 saturated carbocycles. The Balaban J connectivity index is 1.49. The quantitative estimate of drug-likeness (QED) is 0.493. The predicted octanol–water partition coefficient (Wildman–Crippen LogP) is 4.30. The summed E-state index contributed by atoms with van der Waals surface area (Å²) in [7, 11) is 0. The van der Waals surface area contributed by atoms with E-state index in [9.17, 15) is 14.0 Å². The number of hydrogen-bond donors (Lipinski definition) is 2. The van der Waals surface area contributed by atoms with E-state index in [0.717, 1.165) is 35.5 Å². The molecule has 178 valence electrons. The monoisotopic (exact) mass is 464 g/mol. The molecule has 34 heavy (non-hydrogen) atoms. The topological polar surface area (TPSA) is 87.5 Å². The smallest absolute Gasteiger partial charge is 0.335 e. The lowest BCUT2D eigenvalue weighted by atomic mass is 10.1. The minimum absolute atomic E-state index is 0.206. The van der Waals surface area contributed by atoms with Gasteiger partial charge in [0.15, 0.2) is 0 Å². The number of aromatic carboxylic acids is 1. The maximum Gasteiger partial charge on any atom is 0.335 e. The Morgan fingerprint density at radius 3 is 2.41 bits per heavy atom. The summed E-state index contributed by atoms with van der Waals surface area (Å²) >= 11 is 0. The summed E-state index contributed by atoms with van der Waals surface area (Å²) in [6, 6.07) is 14.4. The number of hydrogen-bond acceptors (Lipinski definition) is 4. The van der Waals surface area contributed by atoms with Crippen LogP contribution in [0.4, 0.5) is 10.2 Å². The number of carboxylic acids is 1. The lowest BCUT2D eigenvalue weighted by Gasteiger charge is -2.20. The number of anilines is 1. The fourth-order valence-corrected chi connectivity index (χ4v) is 4.36. The van der Waals surface area contributed by atoms with E-state index in [0.29, 0.717) is 30.8 Å². The van der Waals surface area contributed by atoms with Crippen molar-refractivity contribution in [3.63, 3.8) is 0 Å². The average molecular weight is 465 g/mol. The van der Waals surface area contributed by atoms with E-state index in [-0.39, 0.29) is 24.2 Å². The molecule has 3 aromatic rings. The van der Waals surface area contributed by atoms with Gasteiger partial charge in [0.25, 0.3) is 5.91 Å². The van der Waals surface area contributed by atoms with Crippen LogP contribution in [-0.2, 0) is 19.5 Å². The van der Waals surface area contributed by atoms with Crippen molar-refractivity contribution in [2.75, 3.05) is 18.1 Å². The van der Waals surface area contributed by atoms with Crippen molar-refractivity contribution >= 4 is 17.7 Å². The number of aromatic nitrogens is 2. The Morgan fingerprint density at radius 1 is 1.09 bits per heavy atom. The molecule has 2 heterocycles. The van der Waals surface area contributed by atoms with Crippen LogP contribution in [0.5, 0.6) is 0 Å². The first-order valence-electron chi connectivity index (χ1n) is 11.5. The highest BCUT2D eigenvalue weighted by molar-refractivity contribution is 6.00. The highest BCUT2D eigenvalue weighted by atomic mass is 19.1. The second-order valence-corrected chi connectivity index (χ2v) is 8.66. The molecule has 7 nitrogen and oxygen atoms in total. The van der Waals surface area contributed by atoms with E-state index in [1.54, 1.807) is 12.1 Å². The van der Waals surface area contributed by atoms with Gasteiger partial charge in [0.05, 0.1) is 30.5 Å². The van der Waals surface area contributed by atoms with Gasteiger partial charge in [-0.05, 0) is 55.5 Å². The van der Waals surface area contributed by atoms with Gasteiger partial charge in [-0.25, -0.2) is 9.48 Å². The fourth-order valence-electron chi connectivity index (χ4n) is 4.36. The Bertz CT molecular complexity index is 1170. The van der Waals surface area contributed by atoms with Gasteiger partial charge in [0.2, 0.25) is 0 Å². The maximum absolute atomic E-state index is 13.3. The van der Waals surface area contributed by atoms with Gasteiger partial charge in [-0.15, -0.1) is 0 Å². The molecule has 1 aliphatic rings. The van der Waals surface area contributed by atoms with Crippen LogP contribution in [0.3, 0.4) is 0 Å². The number of carbonyl (C=O) groups excluding carboxylic acids is 1. The molecule has 1 amide bonds. The van der Waals surface area contributed by atoms with Crippen molar-refractivity contribution < 1.29 is 19.1 Å². The Labute approximate surface area is 198 Å². The van der Waals surface area contributed by atoms with Gasteiger partial charge in [-0.2, -0.15) is 5.10 Å². The minimum Gasteiger partial charge on any atom is -0.478 e. The van der Waals surface area contributed by atoms with Crippen molar-refractivity contribution in [1.29, 1.82) is 0 Å². The van der Waals surface area contributed by atoms with Crippen molar-refractivity contribution in [1.82, 2.24) is 15.1 Å². The molecular weight excluding hydrogens is 435 g/mol. The summed E-state index contributed by atoms with van der Waals surface area (Å²) in [6.07, 6.45) is 1.26.